The third-order valence-electron chi connectivity index (χ3n) is 8.75. The van der Waals surface area contributed by atoms with E-state index in [0.29, 0.717) is 16.3 Å². The van der Waals surface area contributed by atoms with Crippen LogP contribution in [-0.2, 0) is 4.79 Å². The second-order valence-electron chi connectivity index (χ2n) is 11.6. The molecule has 2 saturated heterocycles. The third-order valence-corrected chi connectivity index (χ3v) is 9.14. The van der Waals surface area contributed by atoms with Crippen LogP contribution in [0.25, 0.3) is 11.1 Å². The molecular weight excluding hydrogens is 472 g/mol. The summed E-state index contributed by atoms with van der Waals surface area (Å²) in [6.45, 7) is 14.9. The number of likely N-dealkylation sites (tertiary alicyclic amines) is 1. The number of carbonyl (C=O) groups is 1. The van der Waals surface area contributed by atoms with E-state index >= 15 is 0 Å². The van der Waals surface area contributed by atoms with Crippen molar-refractivity contribution >= 4 is 35.2 Å². The van der Waals surface area contributed by atoms with Gasteiger partial charge in [-0.3, -0.25) is 9.48 Å². The van der Waals surface area contributed by atoms with Gasteiger partial charge in [-0.1, -0.05) is 18.2 Å². The summed E-state index contributed by atoms with van der Waals surface area (Å²) in [5.74, 6) is 0.979. The predicted molar refractivity (Wildman–Crippen MR) is 147 cm³/mol. The number of benzene rings is 1. The van der Waals surface area contributed by atoms with E-state index in [1.165, 1.54) is 18.7 Å². The molecule has 192 valence electrons. The molecule has 3 aliphatic rings. The van der Waals surface area contributed by atoms with E-state index in [-0.39, 0.29) is 22.9 Å². The Morgan fingerprint density at radius 2 is 1.94 bits per heavy atom. The molecule has 1 aromatic heterocycles. The lowest BCUT2D eigenvalue weighted by Crippen LogP contribution is -2.63. The summed E-state index contributed by atoms with van der Waals surface area (Å²) >= 11 is 6.63. The molecule has 3 heterocycles. The van der Waals surface area contributed by atoms with Gasteiger partial charge >= 0.3 is 0 Å². The maximum Gasteiger partial charge on any atom is 0.245 e. The van der Waals surface area contributed by atoms with Crippen molar-refractivity contribution in [3.63, 3.8) is 0 Å². The van der Waals surface area contributed by atoms with Crippen molar-refractivity contribution in [1.82, 2.24) is 14.7 Å². The Kier molecular flexibility index (Phi) is 5.98. The van der Waals surface area contributed by atoms with Gasteiger partial charge in [-0.05, 0) is 77.5 Å². The van der Waals surface area contributed by atoms with Crippen LogP contribution in [0, 0.1) is 24.7 Å². The number of halogens is 1. The molecule has 3 fully saturated rings. The topological polar surface area (TPSA) is 91.2 Å². The minimum absolute atomic E-state index is 0.0180. The largest absolute Gasteiger partial charge is 0.398 e. The van der Waals surface area contributed by atoms with Crippen molar-refractivity contribution in [3.8, 4) is 11.1 Å². The number of anilines is 2. The number of nitrogen functional groups attached to an aromatic ring is 1. The van der Waals surface area contributed by atoms with Crippen molar-refractivity contribution < 1.29 is 4.79 Å². The van der Waals surface area contributed by atoms with Crippen LogP contribution in [-0.4, -0.2) is 52.0 Å². The van der Waals surface area contributed by atoms with Crippen LogP contribution >= 0.6 is 11.6 Å². The number of piperidine rings is 1. The van der Waals surface area contributed by atoms with Gasteiger partial charge in [0.1, 0.15) is 0 Å². The molecule has 1 spiro atoms. The first kappa shape index (κ1) is 24.9. The summed E-state index contributed by atoms with van der Waals surface area (Å²) in [7, 11) is 0. The first-order chi connectivity index (χ1) is 17.0. The molecule has 2 aromatic rings. The van der Waals surface area contributed by atoms with Gasteiger partial charge in [0.05, 0.1) is 6.04 Å². The zero-order valence-electron chi connectivity index (χ0n) is 21.8. The number of nitrogens with two attached hydrogens (primary N) is 1. The highest BCUT2D eigenvalue weighted by Gasteiger charge is 2.54. The van der Waals surface area contributed by atoms with Crippen molar-refractivity contribution in [3.05, 3.63) is 40.6 Å². The van der Waals surface area contributed by atoms with Gasteiger partial charge in [-0.15, -0.1) is 0 Å². The number of nitrogens with zero attached hydrogens (tertiary/aromatic N) is 4. The van der Waals surface area contributed by atoms with Crippen LogP contribution < -0.4 is 10.6 Å². The first-order valence-corrected chi connectivity index (χ1v) is 13.3. The fourth-order valence-corrected chi connectivity index (χ4v) is 6.90. The maximum atomic E-state index is 12.0. The highest BCUT2D eigenvalue weighted by Crippen LogP contribution is 2.55. The number of aromatic nitrogens is 2. The lowest BCUT2D eigenvalue weighted by molar-refractivity contribution is -0.149. The van der Waals surface area contributed by atoms with Gasteiger partial charge in [-0.2, -0.15) is 5.10 Å². The highest BCUT2D eigenvalue weighted by molar-refractivity contribution is 6.32. The van der Waals surface area contributed by atoms with E-state index in [9.17, 15) is 4.79 Å². The van der Waals surface area contributed by atoms with Crippen LogP contribution in [0.2, 0.25) is 5.02 Å². The SMILES string of the molecule is C=CC(=O)N1CC2(CC(n3nc(N4CCCCC4(C)C)c(-c4c(C)c(Cl)cc(N)c4C=N)c3C)C2)C1. The Labute approximate surface area is 218 Å². The van der Waals surface area contributed by atoms with E-state index in [0.717, 1.165) is 73.5 Å². The fourth-order valence-electron chi connectivity index (χ4n) is 6.68. The number of carbonyl (C=O) groups excluding carboxylic acids is 1. The lowest BCUT2D eigenvalue weighted by atomic mass is 9.60. The second kappa shape index (κ2) is 8.65. The molecule has 3 N–H and O–H groups in total. The minimum Gasteiger partial charge on any atom is -0.398 e. The van der Waals surface area contributed by atoms with E-state index in [1.54, 1.807) is 6.07 Å². The Morgan fingerprint density at radius 3 is 2.56 bits per heavy atom. The van der Waals surface area contributed by atoms with E-state index in [1.807, 2.05) is 11.8 Å². The fraction of sp³-hybridized carbons (Fsp3) is 0.536. The summed E-state index contributed by atoms with van der Waals surface area (Å²) in [6.07, 6.45) is 8.19. The van der Waals surface area contributed by atoms with Crippen molar-refractivity contribution in [2.75, 3.05) is 30.3 Å². The van der Waals surface area contributed by atoms with Gasteiger partial charge in [0.15, 0.2) is 5.82 Å². The Morgan fingerprint density at radius 1 is 1.25 bits per heavy atom. The summed E-state index contributed by atoms with van der Waals surface area (Å²) in [4.78, 5) is 16.3. The number of amides is 1. The molecule has 0 atom stereocenters. The molecule has 7 nitrogen and oxygen atoms in total. The van der Waals surface area contributed by atoms with Crippen LogP contribution in [0.1, 0.15) is 68.8 Å². The van der Waals surface area contributed by atoms with Crippen LogP contribution in [0.4, 0.5) is 11.5 Å². The quantitative estimate of drug-likeness (QED) is 0.316. The number of rotatable bonds is 5. The maximum absolute atomic E-state index is 12.0. The zero-order valence-corrected chi connectivity index (χ0v) is 22.6. The molecule has 1 saturated carbocycles. The average molecular weight is 509 g/mol. The molecule has 1 amide bonds. The molecule has 1 aliphatic carbocycles. The molecule has 0 bridgehead atoms. The summed E-state index contributed by atoms with van der Waals surface area (Å²) < 4.78 is 2.20. The molecule has 2 aliphatic heterocycles. The van der Waals surface area contributed by atoms with Crippen molar-refractivity contribution in [2.45, 2.75) is 71.4 Å². The normalized spacial score (nSPS) is 20.7. The van der Waals surface area contributed by atoms with Gasteiger partial charge < -0.3 is 20.9 Å². The monoisotopic (exact) mass is 508 g/mol. The van der Waals surface area contributed by atoms with Gasteiger partial charge in [0.25, 0.3) is 0 Å². The summed E-state index contributed by atoms with van der Waals surface area (Å²) in [5, 5.41) is 14.1. The molecule has 36 heavy (non-hydrogen) atoms. The molecule has 0 unspecified atom stereocenters. The van der Waals surface area contributed by atoms with Crippen LogP contribution in [0.3, 0.4) is 0 Å². The molecular formula is C28H37ClN6O. The van der Waals surface area contributed by atoms with Gasteiger partial charge in [0.2, 0.25) is 5.91 Å². The van der Waals surface area contributed by atoms with E-state index < -0.39 is 0 Å². The summed E-state index contributed by atoms with van der Waals surface area (Å²) in [6, 6.07) is 2.03. The second-order valence-corrected chi connectivity index (χ2v) is 12.0. The molecule has 1 aromatic carbocycles. The summed E-state index contributed by atoms with van der Waals surface area (Å²) in [5.41, 5.74) is 11.7. The zero-order chi connectivity index (χ0) is 26.0. The van der Waals surface area contributed by atoms with Crippen molar-refractivity contribution in [1.29, 1.82) is 5.41 Å². The molecule has 8 heteroatoms. The lowest BCUT2D eigenvalue weighted by Gasteiger charge is -2.58. The third kappa shape index (κ3) is 3.74. The van der Waals surface area contributed by atoms with Crippen LogP contribution in [0.5, 0.6) is 0 Å². The Bertz CT molecular complexity index is 1250. The van der Waals surface area contributed by atoms with Crippen molar-refractivity contribution in [2.24, 2.45) is 5.41 Å². The standard InChI is InChI=1S/C28H37ClN6O/c1-6-23(36)33-15-28(16-33)12-19(13-28)35-18(3)25(24-17(2)21(29)11-22(31)20(24)14-30)26(32-35)34-10-8-7-9-27(34,4)5/h6,11,14,19,30H,1,7-10,12-13,15-16,31H2,2-5H3. The smallest absolute Gasteiger partial charge is 0.245 e. The molecule has 5 rings (SSSR count). The first-order valence-electron chi connectivity index (χ1n) is 12.9. The number of hydrogen-bond acceptors (Lipinski definition) is 5. The van der Waals surface area contributed by atoms with Gasteiger partial charge in [-0.25, -0.2) is 0 Å². The Balaban J connectivity index is 1.59. The Hall–Kier alpha value is -2.80. The minimum atomic E-state index is -0.0259. The number of nitrogens with one attached hydrogen (secondary N) is 1. The van der Waals surface area contributed by atoms with Crippen LogP contribution in [0.15, 0.2) is 18.7 Å². The average Bonchev–Trinajstić information content (AvgIpc) is 3.09. The van der Waals surface area contributed by atoms with E-state index in [4.69, 9.17) is 27.8 Å². The van der Waals surface area contributed by atoms with E-state index in [2.05, 4.69) is 36.9 Å². The molecule has 0 radical (unpaired) electrons. The highest BCUT2D eigenvalue weighted by atomic mass is 35.5. The van der Waals surface area contributed by atoms with Gasteiger partial charge in [0, 0.05) is 69.9 Å². The predicted octanol–water partition coefficient (Wildman–Crippen LogP) is 5.52. The number of hydrogen-bond donors (Lipinski definition) is 2.